The fraction of sp³-hybridized carbons (Fsp3) is 0.333. The van der Waals surface area contributed by atoms with Gasteiger partial charge >= 0.3 is 0 Å². The number of benzene rings is 1. The summed E-state index contributed by atoms with van der Waals surface area (Å²) in [4.78, 5) is 21.1. The molecular weight excluding hydrogens is 222 g/mol. The van der Waals surface area contributed by atoms with Gasteiger partial charge in [-0.25, -0.2) is 0 Å². The molecule has 1 atom stereocenters. The Bertz CT molecular complexity index is 399. The molecular formula is C12H13NO4-2. The lowest BCUT2D eigenvalue weighted by atomic mass is 9.95. The number of hydrogen-bond acceptors (Lipinski definition) is 5. The van der Waals surface area contributed by atoms with Gasteiger partial charge in [0.1, 0.15) is 0 Å². The molecule has 0 bridgehead atoms. The molecule has 0 unspecified atom stereocenters. The van der Waals surface area contributed by atoms with Crippen LogP contribution in [0.15, 0.2) is 24.3 Å². The van der Waals surface area contributed by atoms with Crippen molar-refractivity contribution in [2.45, 2.75) is 19.3 Å². The highest BCUT2D eigenvalue weighted by atomic mass is 16.4. The Labute approximate surface area is 98.9 Å². The topological polar surface area (TPSA) is 106 Å². The first kappa shape index (κ1) is 13.0. The summed E-state index contributed by atoms with van der Waals surface area (Å²) in [5.74, 6) is -3.33. The smallest absolute Gasteiger partial charge is 0.0448 e. The van der Waals surface area contributed by atoms with Crippen molar-refractivity contribution in [2.24, 2.45) is 5.92 Å². The van der Waals surface area contributed by atoms with Gasteiger partial charge in [0, 0.05) is 23.5 Å². The molecule has 0 aliphatic rings. The molecule has 1 aromatic rings. The zero-order chi connectivity index (χ0) is 12.8. The van der Waals surface area contributed by atoms with Crippen LogP contribution in [-0.4, -0.2) is 11.9 Å². The van der Waals surface area contributed by atoms with E-state index in [4.69, 9.17) is 5.73 Å². The molecule has 92 valence electrons. The van der Waals surface area contributed by atoms with Crippen LogP contribution in [0, 0.1) is 5.92 Å². The van der Waals surface area contributed by atoms with E-state index in [-0.39, 0.29) is 19.3 Å². The number of rotatable bonds is 6. The Kier molecular flexibility index (Phi) is 4.51. The summed E-state index contributed by atoms with van der Waals surface area (Å²) in [6, 6.07) is 6.76. The molecule has 0 aliphatic carbocycles. The Balaban J connectivity index is 2.63. The van der Waals surface area contributed by atoms with Gasteiger partial charge in [0.25, 0.3) is 0 Å². The van der Waals surface area contributed by atoms with Crippen LogP contribution in [0.25, 0.3) is 0 Å². The minimum Gasteiger partial charge on any atom is -0.550 e. The first-order chi connectivity index (χ1) is 7.99. The van der Waals surface area contributed by atoms with Crippen molar-refractivity contribution in [1.82, 2.24) is 0 Å². The minimum absolute atomic E-state index is 0.00897. The van der Waals surface area contributed by atoms with Gasteiger partial charge in [0.15, 0.2) is 0 Å². The Morgan fingerprint density at radius 1 is 1.18 bits per heavy atom. The van der Waals surface area contributed by atoms with E-state index in [9.17, 15) is 19.8 Å². The number of aliphatic carboxylic acids is 2. The quantitative estimate of drug-likeness (QED) is 0.617. The summed E-state index contributed by atoms with van der Waals surface area (Å²) in [6.45, 7) is 0. The van der Waals surface area contributed by atoms with E-state index in [1.54, 1.807) is 24.3 Å². The second kappa shape index (κ2) is 5.89. The molecule has 0 saturated heterocycles. The van der Waals surface area contributed by atoms with Crippen LogP contribution < -0.4 is 15.9 Å². The van der Waals surface area contributed by atoms with Crippen molar-refractivity contribution in [3.05, 3.63) is 29.8 Å². The van der Waals surface area contributed by atoms with Gasteiger partial charge in [-0.15, -0.1) is 0 Å². The molecule has 0 fully saturated rings. The molecule has 1 rings (SSSR count). The van der Waals surface area contributed by atoms with E-state index in [1.165, 1.54) is 0 Å². The van der Waals surface area contributed by atoms with Crippen LogP contribution in [-0.2, 0) is 16.0 Å². The first-order valence-electron chi connectivity index (χ1n) is 5.24. The predicted molar refractivity (Wildman–Crippen MR) is 57.3 cm³/mol. The van der Waals surface area contributed by atoms with Gasteiger partial charge in [0.2, 0.25) is 0 Å². The van der Waals surface area contributed by atoms with Crippen molar-refractivity contribution < 1.29 is 19.8 Å². The molecule has 0 spiro atoms. The molecule has 0 aliphatic heterocycles. The molecule has 5 nitrogen and oxygen atoms in total. The number of hydrogen-bond donors (Lipinski definition) is 1. The molecule has 0 saturated carbocycles. The van der Waals surface area contributed by atoms with E-state index in [1.807, 2.05) is 0 Å². The molecule has 0 aromatic heterocycles. The summed E-state index contributed by atoms with van der Waals surface area (Å²) in [5.41, 5.74) is 6.88. The zero-order valence-electron chi connectivity index (χ0n) is 9.22. The van der Waals surface area contributed by atoms with Crippen LogP contribution in [0.1, 0.15) is 18.4 Å². The van der Waals surface area contributed by atoms with Gasteiger partial charge in [-0.1, -0.05) is 12.1 Å². The number of nitrogens with two attached hydrogens (primary N) is 1. The SMILES string of the molecule is Nc1ccc(C[C@@H](CCC(=O)[O-])C(=O)[O-])cc1. The number of nitrogen functional groups attached to an aromatic ring is 1. The highest BCUT2D eigenvalue weighted by Crippen LogP contribution is 2.15. The summed E-state index contributed by atoms with van der Waals surface area (Å²) >= 11 is 0. The standard InChI is InChI=1S/C12H15NO4/c13-10-4-1-8(2-5-10)7-9(12(16)17)3-6-11(14)15/h1-2,4-5,9H,3,6-7,13H2,(H,14,15)(H,16,17)/p-2/t9-/m1/s1. The third-order valence-corrected chi connectivity index (χ3v) is 2.49. The molecule has 1 aromatic carbocycles. The van der Waals surface area contributed by atoms with Crippen LogP contribution in [0.5, 0.6) is 0 Å². The third kappa shape index (κ3) is 4.55. The maximum absolute atomic E-state index is 10.8. The van der Waals surface area contributed by atoms with Crippen molar-refractivity contribution in [3.8, 4) is 0 Å². The summed E-state index contributed by atoms with van der Waals surface area (Å²) < 4.78 is 0. The monoisotopic (exact) mass is 235 g/mol. The predicted octanol–water partition coefficient (Wildman–Crippen LogP) is -1.29. The maximum atomic E-state index is 10.8. The maximum Gasteiger partial charge on any atom is 0.0448 e. The van der Waals surface area contributed by atoms with E-state index in [0.717, 1.165) is 5.56 Å². The number of carbonyl (C=O) groups is 2. The first-order valence-corrected chi connectivity index (χ1v) is 5.24. The lowest BCUT2D eigenvalue weighted by Gasteiger charge is -2.18. The Morgan fingerprint density at radius 3 is 2.24 bits per heavy atom. The molecule has 0 heterocycles. The minimum atomic E-state index is -1.26. The van der Waals surface area contributed by atoms with E-state index in [2.05, 4.69) is 0 Å². The molecule has 0 radical (unpaired) electrons. The van der Waals surface area contributed by atoms with E-state index < -0.39 is 17.9 Å². The number of carbonyl (C=O) groups excluding carboxylic acids is 2. The highest BCUT2D eigenvalue weighted by molar-refractivity contribution is 5.70. The second-order valence-electron chi connectivity index (χ2n) is 3.87. The molecule has 2 N–H and O–H groups in total. The fourth-order valence-corrected chi connectivity index (χ4v) is 1.53. The number of carboxylic acids is 2. The number of carboxylic acid groups (broad SMARTS) is 2. The van der Waals surface area contributed by atoms with Crippen LogP contribution in [0.4, 0.5) is 5.69 Å². The van der Waals surface area contributed by atoms with Gasteiger partial charge in [-0.3, -0.25) is 0 Å². The Hall–Kier alpha value is -2.04. The van der Waals surface area contributed by atoms with Gasteiger partial charge < -0.3 is 25.5 Å². The third-order valence-electron chi connectivity index (χ3n) is 2.49. The van der Waals surface area contributed by atoms with Gasteiger partial charge in [-0.05, 0) is 37.0 Å². The van der Waals surface area contributed by atoms with E-state index in [0.29, 0.717) is 5.69 Å². The van der Waals surface area contributed by atoms with Crippen LogP contribution in [0.3, 0.4) is 0 Å². The molecule has 5 heteroatoms. The fourth-order valence-electron chi connectivity index (χ4n) is 1.53. The van der Waals surface area contributed by atoms with Crippen LogP contribution >= 0.6 is 0 Å². The summed E-state index contributed by atoms with van der Waals surface area (Å²) in [5, 5.41) is 21.1. The zero-order valence-corrected chi connectivity index (χ0v) is 9.22. The van der Waals surface area contributed by atoms with Crippen LogP contribution in [0.2, 0.25) is 0 Å². The van der Waals surface area contributed by atoms with Crippen molar-refractivity contribution >= 4 is 17.6 Å². The molecule has 0 amide bonds. The largest absolute Gasteiger partial charge is 0.550 e. The average Bonchev–Trinajstić information content (AvgIpc) is 2.26. The van der Waals surface area contributed by atoms with E-state index >= 15 is 0 Å². The van der Waals surface area contributed by atoms with Gasteiger partial charge in [0.05, 0.1) is 0 Å². The lowest BCUT2D eigenvalue weighted by Crippen LogP contribution is -2.34. The normalized spacial score (nSPS) is 12.0. The molecule has 17 heavy (non-hydrogen) atoms. The summed E-state index contributed by atoms with van der Waals surface area (Å²) in [6.07, 6.45) is -0.0431. The van der Waals surface area contributed by atoms with Crippen molar-refractivity contribution in [3.63, 3.8) is 0 Å². The van der Waals surface area contributed by atoms with Gasteiger partial charge in [-0.2, -0.15) is 0 Å². The number of anilines is 1. The van der Waals surface area contributed by atoms with Crippen molar-refractivity contribution in [2.75, 3.05) is 5.73 Å². The average molecular weight is 235 g/mol. The highest BCUT2D eigenvalue weighted by Gasteiger charge is 2.11. The second-order valence-corrected chi connectivity index (χ2v) is 3.87. The Morgan fingerprint density at radius 2 is 1.76 bits per heavy atom. The van der Waals surface area contributed by atoms with Crippen molar-refractivity contribution in [1.29, 1.82) is 0 Å². The summed E-state index contributed by atoms with van der Waals surface area (Å²) in [7, 11) is 0. The lowest BCUT2D eigenvalue weighted by molar-refractivity contribution is -0.313.